The fourth-order valence-corrected chi connectivity index (χ4v) is 2.99. The fourth-order valence-electron chi connectivity index (χ4n) is 2.99. The monoisotopic (exact) mass is 319 g/mol. The molecule has 1 fully saturated rings. The van der Waals surface area contributed by atoms with Crippen molar-refractivity contribution in [1.29, 1.82) is 0 Å². The van der Waals surface area contributed by atoms with Crippen LogP contribution in [0, 0.1) is 6.92 Å². The molecule has 23 heavy (non-hydrogen) atoms. The Bertz CT molecular complexity index is 572. The van der Waals surface area contributed by atoms with E-state index < -0.39 is 11.5 Å². The second kappa shape index (κ2) is 7.49. The van der Waals surface area contributed by atoms with Gasteiger partial charge in [-0.3, -0.25) is 4.79 Å². The number of hydrogen-bond donors (Lipinski definition) is 1. The van der Waals surface area contributed by atoms with Gasteiger partial charge in [-0.25, -0.2) is 4.79 Å². The van der Waals surface area contributed by atoms with Crippen LogP contribution in [0.25, 0.3) is 0 Å². The summed E-state index contributed by atoms with van der Waals surface area (Å²) in [4.78, 5) is 25.2. The van der Waals surface area contributed by atoms with Crippen molar-refractivity contribution < 1.29 is 19.4 Å². The number of ether oxygens (including phenoxy) is 1. The number of carbonyl (C=O) groups is 2. The Morgan fingerprint density at radius 2 is 2.13 bits per heavy atom. The SMILES string of the molecule is Cc1cccc(OCCCCC(=O)N2CCCC2(C)C(=O)O)c1. The topological polar surface area (TPSA) is 66.8 Å². The molecule has 0 radical (unpaired) electrons. The van der Waals surface area contributed by atoms with Gasteiger partial charge in [0.05, 0.1) is 6.61 Å². The second-order valence-electron chi connectivity index (χ2n) is 6.35. The van der Waals surface area contributed by atoms with E-state index in [1.165, 1.54) is 4.90 Å². The quantitative estimate of drug-likeness (QED) is 0.785. The molecule has 0 spiro atoms. The Morgan fingerprint density at radius 1 is 1.35 bits per heavy atom. The maximum absolute atomic E-state index is 12.3. The van der Waals surface area contributed by atoms with Crippen LogP contribution in [0.4, 0.5) is 0 Å². The molecule has 1 aliphatic heterocycles. The molecule has 0 saturated carbocycles. The normalized spacial score (nSPS) is 20.5. The first-order valence-corrected chi connectivity index (χ1v) is 8.17. The Balaban J connectivity index is 1.72. The van der Waals surface area contributed by atoms with Crippen molar-refractivity contribution in [1.82, 2.24) is 4.90 Å². The third kappa shape index (κ3) is 4.24. The van der Waals surface area contributed by atoms with E-state index in [1.54, 1.807) is 6.92 Å². The fraction of sp³-hybridized carbons (Fsp3) is 0.556. The summed E-state index contributed by atoms with van der Waals surface area (Å²) in [6, 6.07) is 7.86. The number of benzene rings is 1. The van der Waals surface area contributed by atoms with Gasteiger partial charge in [0.1, 0.15) is 11.3 Å². The number of unbranched alkanes of at least 4 members (excludes halogenated alkanes) is 1. The molecule has 5 heteroatoms. The number of likely N-dealkylation sites (tertiary alicyclic amines) is 1. The van der Waals surface area contributed by atoms with Crippen LogP contribution >= 0.6 is 0 Å². The number of carboxylic acid groups (broad SMARTS) is 1. The molecule has 1 amide bonds. The maximum atomic E-state index is 12.3. The number of aryl methyl sites for hydroxylation is 1. The van der Waals surface area contributed by atoms with Gasteiger partial charge in [0.15, 0.2) is 0 Å². The number of carboxylic acids is 1. The van der Waals surface area contributed by atoms with Crippen LogP contribution in [0.15, 0.2) is 24.3 Å². The summed E-state index contributed by atoms with van der Waals surface area (Å²) < 4.78 is 5.65. The van der Waals surface area contributed by atoms with Crippen molar-refractivity contribution in [3.8, 4) is 5.75 Å². The highest BCUT2D eigenvalue weighted by atomic mass is 16.5. The summed E-state index contributed by atoms with van der Waals surface area (Å²) in [5.41, 5.74) is 0.120. The Hall–Kier alpha value is -2.04. The first-order valence-electron chi connectivity index (χ1n) is 8.17. The third-order valence-corrected chi connectivity index (χ3v) is 4.45. The minimum absolute atomic E-state index is 0.0667. The van der Waals surface area contributed by atoms with Crippen molar-refractivity contribution in [2.45, 2.75) is 51.5 Å². The number of carbonyl (C=O) groups excluding carboxylic acids is 1. The molecule has 126 valence electrons. The van der Waals surface area contributed by atoms with E-state index >= 15 is 0 Å². The standard InChI is InChI=1S/C18H25NO4/c1-14-7-5-8-15(13-14)23-12-4-3-9-16(20)19-11-6-10-18(19,2)17(21)22/h5,7-8,13H,3-4,6,9-12H2,1-2H3,(H,21,22). The first-order chi connectivity index (χ1) is 10.9. The zero-order chi connectivity index (χ0) is 16.9. The zero-order valence-electron chi connectivity index (χ0n) is 13.9. The van der Waals surface area contributed by atoms with Crippen LogP contribution in [-0.4, -0.2) is 40.6 Å². The highest BCUT2D eigenvalue weighted by Crippen LogP contribution is 2.30. The lowest BCUT2D eigenvalue weighted by atomic mass is 9.99. The molecule has 1 saturated heterocycles. The van der Waals surface area contributed by atoms with E-state index in [1.807, 2.05) is 31.2 Å². The predicted octanol–water partition coefficient (Wildman–Crippen LogP) is 3.01. The van der Waals surface area contributed by atoms with Gasteiger partial charge in [0.2, 0.25) is 5.91 Å². The molecule has 1 unspecified atom stereocenters. The van der Waals surface area contributed by atoms with E-state index in [4.69, 9.17) is 4.74 Å². The summed E-state index contributed by atoms with van der Waals surface area (Å²) in [5.74, 6) is -0.136. The lowest BCUT2D eigenvalue weighted by Crippen LogP contribution is -2.50. The van der Waals surface area contributed by atoms with Gasteiger partial charge < -0.3 is 14.7 Å². The van der Waals surface area contributed by atoms with Crippen molar-refractivity contribution in [2.24, 2.45) is 0 Å². The second-order valence-corrected chi connectivity index (χ2v) is 6.35. The smallest absolute Gasteiger partial charge is 0.329 e. The van der Waals surface area contributed by atoms with E-state index in [0.29, 0.717) is 32.4 Å². The zero-order valence-corrected chi connectivity index (χ0v) is 13.9. The van der Waals surface area contributed by atoms with Gasteiger partial charge in [-0.15, -0.1) is 0 Å². The molecule has 0 aliphatic carbocycles. The van der Waals surface area contributed by atoms with Crippen LogP contribution in [0.3, 0.4) is 0 Å². The molecule has 1 N–H and O–H groups in total. The Labute approximate surface area is 137 Å². The molecule has 2 rings (SSSR count). The number of nitrogens with zero attached hydrogens (tertiary/aromatic N) is 1. The molecule has 1 aromatic carbocycles. The number of rotatable bonds is 7. The van der Waals surface area contributed by atoms with Gasteiger partial charge in [-0.1, -0.05) is 12.1 Å². The summed E-state index contributed by atoms with van der Waals surface area (Å²) in [6.45, 7) is 4.76. The Morgan fingerprint density at radius 3 is 2.83 bits per heavy atom. The number of aliphatic carboxylic acids is 1. The molecule has 0 aromatic heterocycles. The van der Waals surface area contributed by atoms with Gasteiger partial charge in [-0.05, 0) is 57.2 Å². The van der Waals surface area contributed by atoms with Crippen LogP contribution in [0.5, 0.6) is 5.75 Å². The van der Waals surface area contributed by atoms with Crippen LogP contribution in [0.2, 0.25) is 0 Å². The van der Waals surface area contributed by atoms with E-state index in [-0.39, 0.29) is 5.91 Å². The summed E-state index contributed by atoms with van der Waals surface area (Å²) in [6.07, 6.45) is 3.14. The van der Waals surface area contributed by atoms with Gasteiger partial charge in [0, 0.05) is 13.0 Å². The minimum atomic E-state index is -1.03. The molecular formula is C18H25NO4. The summed E-state index contributed by atoms with van der Waals surface area (Å²) in [5, 5.41) is 9.34. The third-order valence-electron chi connectivity index (χ3n) is 4.45. The van der Waals surface area contributed by atoms with Crippen molar-refractivity contribution in [2.75, 3.05) is 13.2 Å². The highest BCUT2D eigenvalue weighted by Gasteiger charge is 2.45. The van der Waals surface area contributed by atoms with Gasteiger partial charge in [0.25, 0.3) is 0 Å². The highest BCUT2D eigenvalue weighted by molar-refractivity contribution is 5.87. The van der Waals surface area contributed by atoms with Crippen molar-refractivity contribution in [3.05, 3.63) is 29.8 Å². The van der Waals surface area contributed by atoms with Crippen LogP contribution < -0.4 is 4.74 Å². The lowest BCUT2D eigenvalue weighted by molar-refractivity contribution is -0.155. The summed E-state index contributed by atoms with van der Waals surface area (Å²) in [7, 11) is 0. The Kier molecular flexibility index (Phi) is 5.64. The predicted molar refractivity (Wildman–Crippen MR) is 87.5 cm³/mol. The summed E-state index contributed by atoms with van der Waals surface area (Å²) >= 11 is 0. The molecule has 1 aromatic rings. The van der Waals surface area contributed by atoms with Gasteiger partial charge in [-0.2, -0.15) is 0 Å². The van der Waals surface area contributed by atoms with E-state index in [9.17, 15) is 14.7 Å². The minimum Gasteiger partial charge on any atom is -0.494 e. The molecule has 1 heterocycles. The van der Waals surface area contributed by atoms with Crippen LogP contribution in [0.1, 0.15) is 44.6 Å². The average molecular weight is 319 g/mol. The van der Waals surface area contributed by atoms with Crippen molar-refractivity contribution in [3.63, 3.8) is 0 Å². The molecule has 1 atom stereocenters. The molecule has 1 aliphatic rings. The number of hydrogen-bond acceptors (Lipinski definition) is 3. The van der Waals surface area contributed by atoms with E-state index in [2.05, 4.69) is 0 Å². The average Bonchev–Trinajstić information content (AvgIpc) is 2.90. The van der Waals surface area contributed by atoms with Crippen LogP contribution in [-0.2, 0) is 9.59 Å². The lowest BCUT2D eigenvalue weighted by Gasteiger charge is -2.31. The molecule has 5 nitrogen and oxygen atoms in total. The molecular weight excluding hydrogens is 294 g/mol. The molecule has 0 bridgehead atoms. The number of amides is 1. The van der Waals surface area contributed by atoms with E-state index in [0.717, 1.165) is 24.2 Å². The van der Waals surface area contributed by atoms with Gasteiger partial charge >= 0.3 is 5.97 Å². The maximum Gasteiger partial charge on any atom is 0.329 e. The largest absolute Gasteiger partial charge is 0.494 e. The first kappa shape index (κ1) is 17.3. The van der Waals surface area contributed by atoms with Crippen molar-refractivity contribution >= 4 is 11.9 Å².